The van der Waals surface area contributed by atoms with Gasteiger partial charge in [0.15, 0.2) is 11.0 Å². The van der Waals surface area contributed by atoms with Crippen LogP contribution in [0.25, 0.3) is 11.1 Å². The van der Waals surface area contributed by atoms with Crippen LogP contribution in [0.5, 0.6) is 0 Å². The number of hydrogen-bond donors (Lipinski definition) is 0. The SMILES string of the molecule is CC(=O)P(=O)(Cc1ccc2c(c1)C(C)(C)c1cc3c(cc1-2)C(C)(C)c1ccccc1N3c1ccccc1)C(C)=O. The molecular weight excluding hydrogens is 513 g/mol. The zero-order chi connectivity index (χ0) is 28.6. The van der Waals surface area contributed by atoms with Crippen LogP contribution in [0, 0.1) is 0 Å². The highest BCUT2D eigenvalue weighted by atomic mass is 31.2. The molecule has 2 aliphatic rings. The first-order chi connectivity index (χ1) is 18.9. The third-order valence-electron chi connectivity index (χ3n) is 9.03. The van der Waals surface area contributed by atoms with E-state index in [1.54, 1.807) is 0 Å². The van der Waals surface area contributed by atoms with E-state index in [-0.39, 0.29) is 17.0 Å². The predicted octanol–water partition coefficient (Wildman–Crippen LogP) is 9.06. The monoisotopic (exact) mass is 547 g/mol. The Morgan fingerprint density at radius 2 is 1.25 bits per heavy atom. The highest BCUT2D eigenvalue weighted by molar-refractivity contribution is 7.93. The number of para-hydroxylation sites is 2. The van der Waals surface area contributed by atoms with Crippen molar-refractivity contribution < 1.29 is 14.2 Å². The van der Waals surface area contributed by atoms with E-state index in [0.29, 0.717) is 0 Å². The van der Waals surface area contributed by atoms with Crippen molar-refractivity contribution in [2.45, 2.75) is 58.5 Å². The standard InChI is InChI=1S/C35H34NO3P/c1-22(37)40(39,23(2)38)21-24-16-17-26-27-19-31-33(20-30(27)35(5,6)29(26)18-24)36(25-12-8-7-9-13-25)32-15-11-10-14-28(32)34(31,3)4/h7-20H,21H2,1-6H3. The zero-order valence-corrected chi connectivity index (χ0v) is 24.8. The number of anilines is 3. The third kappa shape index (κ3) is 3.69. The fraction of sp³-hybridized carbons (Fsp3) is 0.257. The summed E-state index contributed by atoms with van der Waals surface area (Å²) >= 11 is 0. The van der Waals surface area contributed by atoms with Crippen LogP contribution in [0.15, 0.2) is 84.9 Å². The second-order valence-electron chi connectivity index (χ2n) is 12.2. The van der Waals surface area contributed by atoms with Gasteiger partial charge in [-0.15, -0.1) is 0 Å². The lowest BCUT2D eigenvalue weighted by Gasteiger charge is -2.42. The van der Waals surface area contributed by atoms with Crippen molar-refractivity contribution in [1.29, 1.82) is 0 Å². The minimum atomic E-state index is -3.62. The minimum absolute atomic E-state index is 0.0298. The van der Waals surface area contributed by atoms with Crippen molar-refractivity contribution in [3.05, 3.63) is 113 Å². The fourth-order valence-electron chi connectivity index (χ4n) is 6.63. The van der Waals surface area contributed by atoms with Crippen LogP contribution in [0.4, 0.5) is 17.1 Å². The van der Waals surface area contributed by atoms with Crippen LogP contribution >= 0.6 is 7.14 Å². The summed E-state index contributed by atoms with van der Waals surface area (Å²) in [5.74, 6) is 0. The van der Waals surface area contributed by atoms with E-state index in [2.05, 4.69) is 105 Å². The first-order valence-electron chi connectivity index (χ1n) is 13.8. The van der Waals surface area contributed by atoms with Gasteiger partial charge in [-0.25, -0.2) is 0 Å². The lowest BCUT2D eigenvalue weighted by Crippen LogP contribution is -2.31. The molecule has 0 saturated carbocycles. The van der Waals surface area contributed by atoms with Gasteiger partial charge in [0.05, 0.1) is 11.4 Å². The zero-order valence-electron chi connectivity index (χ0n) is 23.9. The number of carbonyl (C=O) groups is 2. The average molecular weight is 548 g/mol. The van der Waals surface area contributed by atoms with Crippen molar-refractivity contribution in [3.8, 4) is 11.1 Å². The Morgan fingerprint density at radius 1 is 0.650 bits per heavy atom. The molecule has 0 amide bonds. The van der Waals surface area contributed by atoms with E-state index in [1.165, 1.54) is 47.5 Å². The molecule has 5 heteroatoms. The summed E-state index contributed by atoms with van der Waals surface area (Å²) in [4.78, 5) is 26.8. The van der Waals surface area contributed by atoms with Gasteiger partial charge in [-0.3, -0.25) is 9.59 Å². The first kappa shape index (κ1) is 26.5. The molecule has 40 heavy (non-hydrogen) atoms. The van der Waals surface area contributed by atoms with E-state index in [9.17, 15) is 14.2 Å². The van der Waals surface area contributed by atoms with Gasteiger partial charge in [-0.05, 0) is 69.3 Å². The van der Waals surface area contributed by atoms with Gasteiger partial charge < -0.3 is 9.46 Å². The topological polar surface area (TPSA) is 54.5 Å². The van der Waals surface area contributed by atoms with Crippen molar-refractivity contribution in [2.75, 3.05) is 4.90 Å². The van der Waals surface area contributed by atoms with Crippen molar-refractivity contribution in [3.63, 3.8) is 0 Å². The lowest BCUT2D eigenvalue weighted by atomic mass is 9.72. The van der Waals surface area contributed by atoms with Crippen LogP contribution in [-0.2, 0) is 31.1 Å². The maximum absolute atomic E-state index is 13.3. The largest absolute Gasteiger partial charge is 0.310 e. The Labute approximate surface area is 236 Å². The summed E-state index contributed by atoms with van der Waals surface area (Å²) < 4.78 is 13.3. The molecule has 4 aromatic carbocycles. The quantitative estimate of drug-likeness (QED) is 0.234. The Kier molecular flexibility index (Phi) is 5.87. The van der Waals surface area contributed by atoms with Crippen LogP contribution in [0.2, 0.25) is 0 Å². The van der Waals surface area contributed by atoms with Crippen LogP contribution in [-0.4, -0.2) is 11.0 Å². The summed E-state index contributed by atoms with van der Waals surface area (Å²) in [7, 11) is -3.62. The molecular formula is C35H34NO3P. The van der Waals surface area contributed by atoms with E-state index in [0.717, 1.165) is 22.4 Å². The molecule has 1 aliphatic heterocycles. The molecule has 4 nitrogen and oxygen atoms in total. The highest BCUT2D eigenvalue weighted by Gasteiger charge is 2.43. The van der Waals surface area contributed by atoms with Gasteiger partial charge >= 0.3 is 0 Å². The molecule has 0 spiro atoms. The smallest absolute Gasteiger partial charge is 0.214 e. The Bertz CT molecular complexity index is 1750. The maximum atomic E-state index is 13.3. The van der Waals surface area contributed by atoms with Crippen molar-refractivity contribution in [2.24, 2.45) is 0 Å². The lowest BCUT2D eigenvalue weighted by molar-refractivity contribution is -0.113. The van der Waals surface area contributed by atoms with Gasteiger partial charge in [0.25, 0.3) is 0 Å². The van der Waals surface area contributed by atoms with E-state index in [4.69, 9.17) is 0 Å². The Hall–Kier alpha value is -3.75. The maximum Gasteiger partial charge on any atom is 0.214 e. The molecule has 0 bridgehead atoms. The van der Waals surface area contributed by atoms with Gasteiger partial charge in [-0.2, -0.15) is 0 Å². The van der Waals surface area contributed by atoms with Gasteiger partial charge in [0.2, 0.25) is 7.14 Å². The summed E-state index contributed by atoms with van der Waals surface area (Å²) in [5.41, 5.74) is 9.89. The summed E-state index contributed by atoms with van der Waals surface area (Å²) in [5, 5.41) is 0. The Balaban J connectivity index is 1.55. The van der Waals surface area contributed by atoms with Crippen molar-refractivity contribution in [1.82, 2.24) is 0 Å². The summed E-state index contributed by atoms with van der Waals surface area (Å²) in [6, 6.07) is 29.9. The number of fused-ring (bicyclic) bond motifs is 5. The second kappa shape index (κ2) is 8.88. The number of rotatable bonds is 5. The first-order valence-corrected chi connectivity index (χ1v) is 15.7. The number of carbonyl (C=O) groups excluding carboxylic acids is 2. The molecule has 0 radical (unpaired) electrons. The van der Waals surface area contributed by atoms with Crippen LogP contribution < -0.4 is 4.90 Å². The van der Waals surface area contributed by atoms with Gasteiger partial charge in [-0.1, -0.05) is 82.3 Å². The summed E-state index contributed by atoms with van der Waals surface area (Å²) in [6.45, 7) is 11.6. The van der Waals surface area contributed by atoms with E-state index >= 15 is 0 Å². The number of nitrogens with zero attached hydrogens (tertiary/aromatic N) is 1. The van der Waals surface area contributed by atoms with Crippen LogP contribution in [0.1, 0.15) is 69.4 Å². The predicted molar refractivity (Wildman–Crippen MR) is 163 cm³/mol. The summed E-state index contributed by atoms with van der Waals surface area (Å²) in [6.07, 6.45) is -0.0298. The number of hydrogen-bond acceptors (Lipinski definition) is 4. The molecule has 6 rings (SSSR count). The average Bonchev–Trinajstić information content (AvgIpc) is 3.14. The van der Waals surface area contributed by atoms with Crippen molar-refractivity contribution >= 4 is 35.3 Å². The number of benzene rings is 4. The molecule has 0 N–H and O–H groups in total. The molecule has 4 aromatic rings. The molecule has 0 atom stereocenters. The normalized spacial score (nSPS) is 16.0. The molecule has 0 fully saturated rings. The highest BCUT2D eigenvalue weighted by Crippen LogP contribution is 2.58. The minimum Gasteiger partial charge on any atom is -0.310 e. The van der Waals surface area contributed by atoms with Gasteiger partial charge in [0.1, 0.15) is 0 Å². The molecule has 1 heterocycles. The van der Waals surface area contributed by atoms with E-state index in [1.807, 2.05) is 12.1 Å². The van der Waals surface area contributed by atoms with Crippen LogP contribution in [0.3, 0.4) is 0 Å². The third-order valence-corrected chi connectivity index (χ3v) is 11.9. The molecule has 1 aliphatic carbocycles. The van der Waals surface area contributed by atoms with Gasteiger partial charge in [0, 0.05) is 36.5 Å². The molecule has 0 aromatic heterocycles. The molecule has 0 unspecified atom stereocenters. The van der Waals surface area contributed by atoms with E-state index < -0.39 is 18.2 Å². The Morgan fingerprint density at radius 3 is 1.93 bits per heavy atom. The second-order valence-corrected chi connectivity index (χ2v) is 15.2. The fourth-order valence-corrected chi connectivity index (χ4v) is 8.23. The molecule has 202 valence electrons. The molecule has 0 saturated heterocycles.